The van der Waals surface area contributed by atoms with E-state index in [0.717, 1.165) is 29.4 Å². The van der Waals surface area contributed by atoms with Gasteiger partial charge in [0.15, 0.2) is 5.11 Å². The summed E-state index contributed by atoms with van der Waals surface area (Å²) in [6.07, 6.45) is 12.4. The Labute approximate surface area is 123 Å². The third-order valence-electron chi connectivity index (χ3n) is 5.48. The fraction of sp³-hybridized carbons (Fsp3) is 0.938. The van der Waals surface area contributed by atoms with Crippen LogP contribution in [0.1, 0.15) is 64.7 Å². The Bertz CT molecular complexity index is 304. The second-order valence-electron chi connectivity index (χ2n) is 7.29. The molecule has 0 atom stereocenters. The van der Waals surface area contributed by atoms with Gasteiger partial charge in [-0.05, 0) is 74.9 Å². The van der Waals surface area contributed by atoms with Crippen molar-refractivity contribution >= 4 is 17.3 Å². The predicted molar refractivity (Wildman–Crippen MR) is 84.2 cm³/mol. The summed E-state index contributed by atoms with van der Waals surface area (Å²) in [4.78, 5) is 0. The highest BCUT2D eigenvalue weighted by atomic mass is 32.1. The number of hydrogen-bond donors (Lipinski definition) is 2. The van der Waals surface area contributed by atoms with Crippen molar-refractivity contribution in [2.45, 2.75) is 70.3 Å². The molecule has 0 spiro atoms. The lowest BCUT2D eigenvalue weighted by atomic mass is 9.53. The molecule has 4 saturated carbocycles. The van der Waals surface area contributed by atoms with E-state index in [2.05, 4.69) is 17.6 Å². The van der Waals surface area contributed by atoms with E-state index in [-0.39, 0.29) is 0 Å². The van der Waals surface area contributed by atoms with Gasteiger partial charge in [0.05, 0.1) is 0 Å². The minimum absolute atomic E-state index is 0.365. The minimum atomic E-state index is 0.365. The Balaban J connectivity index is 1.50. The molecule has 4 aliphatic rings. The van der Waals surface area contributed by atoms with Crippen LogP contribution in [0.15, 0.2) is 0 Å². The van der Waals surface area contributed by atoms with Crippen molar-refractivity contribution in [3.05, 3.63) is 0 Å². The van der Waals surface area contributed by atoms with Crippen LogP contribution in [-0.2, 0) is 0 Å². The zero-order valence-corrected chi connectivity index (χ0v) is 13.0. The van der Waals surface area contributed by atoms with Gasteiger partial charge in [0.1, 0.15) is 0 Å². The maximum absolute atomic E-state index is 5.52. The number of unbranched alkanes of at least 4 members (excludes halogenated alkanes) is 2. The molecular formula is C16H28N2S. The van der Waals surface area contributed by atoms with Crippen LogP contribution >= 0.6 is 12.2 Å². The SMILES string of the molecule is CCCCCNC(=S)NC12CC3CC(CC(C3)C1)C2. The molecule has 4 fully saturated rings. The van der Waals surface area contributed by atoms with Gasteiger partial charge in [0.25, 0.3) is 0 Å². The molecule has 0 saturated heterocycles. The smallest absolute Gasteiger partial charge is 0.166 e. The minimum Gasteiger partial charge on any atom is -0.363 e. The largest absolute Gasteiger partial charge is 0.363 e. The van der Waals surface area contributed by atoms with Crippen LogP contribution in [0.5, 0.6) is 0 Å². The molecule has 2 N–H and O–H groups in total. The summed E-state index contributed by atoms with van der Waals surface area (Å²) in [6, 6.07) is 0. The summed E-state index contributed by atoms with van der Waals surface area (Å²) in [5.41, 5.74) is 0.365. The molecule has 19 heavy (non-hydrogen) atoms. The van der Waals surface area contributed by atoms with E-state index in [1.807, 2.05) is 0 Å². The van der Waals surface area contributed by atoms with E-state index in [9.17, 15) is 0 Å². The Hall–Kier alpha value is -0.310. The molecular weight excluding hydrogens is 252 g/mol. The van der Waals surface area contributed by atoms with Crippen molar-refractivity contribution in [1.29, 1.82) is 0 Å². The quantitative estimate of drug-likeness (QED) is 0.594. The molecule has 2 nitrogen and oxygen atoms in total. The van der Waals surface area contributed by atoms with Gasteiger partial charge in [-0.15, -0.1) is 0 Å². The lowest BCUT2D eigenvalue weighted by molar-refractivity contribution is -0.0101. The number of hydrogen-bond acceptors (Lipinski definition) is 1. The molecule has 0 aliphatic heterocycles. The molecule has 4 bridgehead atoms. The van der Waals surface area contributed by atoms with Gasteiger partial charge in [-0.2, -0.15) is 0 Å². The van der Waals surface area contributed by atoms with Gasteiger partial charge in [-0.1, -0.05) is 19.8 Å². The van der Waals surface area contributed by atoms with Gasteiger partial charge in [-0.25, -0.2) is 0 Å². The molecule has 0 unspecified atom stereocenters. The lowest BCUT2D eigenvalue weighted by Gasteiger charge is -2.57. The summed E-state index contributed by atoms with van der Waals surface area (Å²) >= 11 is 5.52. The van der Waals surface area contributed by atoms with Gasteiger partial charge >= 0.3 is 0 Å². The van der Waals surface area contributed by atoms with Gasteiger partial charge in [-0.3, -0.25) is 0 Å². The lowest BCUT2D eigenvalue weighted by Crippen LogP contribution is -2.61. The first-order valence-electron chi connectivity index (χ1n) is 8.25. The van der Waals surface area contributed by atoms with Crippen molar-refractivity contribution in [2.75, 3.05) is 6.54 Å². The number of nitrogens with one attached hydrogen (secondary N) is 2. The summed E-state index contributed by atoms with van der Waals surface area (Å²) in [5.74, 6) is 2.96. The molecule has 0 amide bonds. The monoisotopic (exact) mass is 280 g/mol. The van der Waals surface area contributed by atoms with Crippen LogP contribution < -0.4 is 10.6 Å². The van der Waals surface area contributed by atoms with Crippen molar-refractivity contribution in [2.24, 2.45) is 17.8 Å². The van der Waals surface area contributed by atoms with Crippen LogP contribution in [0.4, 0.5) is 0 Å². The van der Waals surface area contributed by atoms with E-state index in [1.54, 1.807) is 0 Å². The highest BCUT2D eigenvalue weighted by Gasteiger charge is 2.51. The standard InChI is InChI=1S/C16H28N2S/c1-2-3-4-5-17-15(19)18-16-9-12-6-13(10-16)8-14(7-12)11-16/h12-14H,2-11H2,1H3,(H2,17,18,19). The normalized spacial score (nSPS) is 39.3. The van der Waals surface area contributed by atoms with Crippen molar-refractivity contribution in [3.63, 3.8) is 0 Å². The van der Waals surface area contributed by atoms with Crippen molar-refractivity contribution in [3.8, 4) is 0 Å². The van der Waals surface area contributed by atoms with Gasteiger partial charge in [0.2, 0.25) is 0 Å². The second-order valence-corrected chi connectivity index (χ2v) is 7.69. The highest BCUT2D eigenvalue weighted by molar-refractivity contribution is 7.80. The molecule has 4 rings (SSSR count). The van der Waals surface area contributed by atoms with Crippen molar-refractivity contribution in [1.82, 2.24) is 10.6 Å². The molecule has 0 aromatic rings. The summed E-state index contributed by atoms with van der Waals surface area (Å²) in [7, 11) is 0. The molecule has 0 radical (unpaired) electrons. The van der Waals surface area contributed by atoms with Gasteiger partial charge < -0.3 is 10.6 Å². The van der Waals surface area contributed by atoms with E-state index in [1.165, 1.54) is 57.8 Å². The van der Waals surface area contributed by atoms with Crippen LogP contribution in [0, 0.1) is 17.8 Å². The molecule has 0 aromatic carbocycles. The molecule has 0 heterocycles. The van der Waals surface area contributed by atoms with E-state index < -0.39 is 0 Å². The topological polar surface area (TPSA) is 24.1 Å². The first-order chi connectivity index (χ1) is 9.19. The average molecular weight is 280 g/mol. The second kappa shape index (κ2) is 5.59. The Morgan fingerprint density at radius 2 is 1.63 bits per heavy atom. The van der Waals surface area contributed by atoms with Crippen LogP contribution in [0.2, 0.25) is 0 Å². The highest BCUT2D eigenvalue weighted by Crippen LogP contribution is 2.55. The maximum atomic E-state index is 5.52. The molecule has 0 aromatic heterocycles. The first kappa shape index (κ1) is 13.7. The zero-order chi connectivity index (χ0) is 13.3. The van der Waals surface area contributed by atoms with Gasteiger partial charge in [0, 0.05) is 12.1 Å². The Kier molecular flexibility index (Phi) is 4.02. The van der Waals surface area contributed by atoms with E-state index in [4.69, 9.17) is 12.2 Å². The third kappa shape index (κ3) is 3.07. The molecule has 4 aliphatic carbocycles. The maximum Gasteiger partial charge on any atom is 0.166 e. The van der Waals surface area contributed by atoms with Crippen LogP contribution in [0.3, 0.4) is 0 Å². The first-order valence-corrected chi connectivity index (χ1v) is 8.66. The predicted octanol–water partition coefficient (Wildman–Crippen LogP) is 3.61. The number of thiocarbonyl (C=S) groups is 1. The van der Waals surface area contributed by atoms with E-state index in [0.29, 0.717) is 5.54 Å². The Morgan fingerprint density at radius 1 is 1.05 bits per heavy atom. The Morgan fingerprint density at radius 3 is 2.16 bits per heavy atom. The molecule has 108 valence electrons. The van der Waals surface area contributed by atoms with Crippen molar-refractivity contribution < 1.29 is 0 Å². The fourth-order valence-electron chi connectivity index (χ4n) is 5.13. The van der Waals surface area contributed by atoms with Crippen LogP contribution in [0.25, 0.3) is 0 Å². The number of rotatable bonds is 5. The summed E-state index contributed by atoms with van der Waals surface area (Å²) < 4.78 is 0. The third-order valence-corrected chi connectivity index (χ3v) is 5.73. The summed E-state index contributed by atoms with van der Waals surface area (Å²) in [5, 5.41) is 8.05. The average Bonchev–Trinajstić information content (AvgIpc) is 2.32. The van der Waals surface area contributed by atoms with E-state index >= 15 is 0 Å². The summed E-state index contributed by atoms with van der Waals surface area (Å²) in [6.45, 7) is 3.28. The molecule has 3 heteroatoms. The zero-order valence-electron chi connectivity index (χ0n) is 12.2. The van der Waals surface area contributed by atoms with Crippen LogP contribution in [-0.4, -0.2) is 17.2 Å². The fourth-order valence-corrected chi connectivity index (χ4v) is 5.44.